The molecule has 7 heteroatoms. The van der Waals surface area contributed by atoms with Crippen molar-refractivity contribution < 1.29 is 9.84 Å². The summed E-state index contributed by atoms with van der Waals surface area (Å²) in [6.07, 6.45) is 6.99. The average Bonchev–Trinajstić information content (AvgIpc) is 2.95. The summed E-state index contributed by atoms with van der Waals surface area (Å²) in [6.45, 7) is 5.25. The van der Waals surface area contributed by atoms with Crippen LogP contribution in [0.2, 0.25) is 0 Å². The highest BCUT2D eigenvalue weighted by molar-refractivity contribution is 5.44. The second kappa shape index (κ2) is 8.23. The first-order valence-electron chi connectivity index (χ1n) is 8.30. The zero-order valence-electron chi connectivity index (χ0n) is 14.1. The predicted octanol–water partition coefficient (Wildman–Crippen LogP) is 0.608. The maximum Gasteiger partial charge on any atom is 0.122 e. The molecule has 2 aromatic rings. The molecule has 3 rings (SSSR count). The molecule has 1 unspecified atom stereocenters. The molecular weight excluding hydrogens is 306 g/mol. The fourth-order valence-corrected chi connectivity index (χ4v) is 3.07. The van der Waals surface area contributed by atoms with E-state index in [1.807, 2.05) is 24.5 Å². The number of ether oxygens (including phenoxy) is 1. The largest absolute Gasteiger partial charge is 0.390 e. The van der Waals surface area contributed by atoms with Gasteiger partial charge in [-0.15, -0.1) is 0 Å². The van der Waals surface area contributed by atoms with Crippen molar-refractivity contribution in [1.82, 2.24) is 19.4 Å². The van der Waals surface area contributed by atoms with Crippen molar-refractivity contribution in [2.45, 2.75) is 19.2 Å². The van der Waals surface area contributed by atoms with Gasteiger partial charge in [0.1, 0.15) is 5.82 Å². The van der Waals surface area contributed by atoms with E-state index in [0.29, 0.717) is 19.7 Å². The SMILES string of the molecule is COCCn1ccnc1CN1CCN(c2ccncc2)CC(O)C1. The number of β-amino-alcohol motifs (C(OH)–C–C–N with tert-alkyl or cyclic N) is 1. The molecule has 1 fully saturated rings. The van der Waals surface area contributed by atoms with E-state index in [2.05, 4.69) is 24.3 Å². The van der Waals surface area contributed by atoms with Gasteiger partial charge in [-0.1, -0.05) is 0 Å². The molecule has 130 valence electrons. The zero-order valence-corrected chi connectivity index (χ0v) is 14.1. The standard InChI is InChI=1S/C17H25N5O2/c1-24-11-10-21-7-6-19-17(21)14-20-8-9-22(13-16(23)12-20)15-2-4-18-5-3-15/h2-7,16,23H,8-14H2,1H3. The second-order valence-corrected chi connectivity index (χ2v) is 6.07. The Morgan fingerprint density at radius 3 is 2.83 bits per heavy atom. The van der Waals surface area contributed by atoms with Gasteiger partial charge in [0.25, 0.3) is 0 Å². The van der Waals surface area contributed by atoms with Crippen LogP contribution in [0.1, 0.15) is 5.82 Å². The lowest BCUT2D eigenvalue weighted by atomic mass is 10.3. The van der Waals surface area contributed by atoms with Gasteiger partial charge >= 0.3 is 0 Å². The van der Waals surface area contributed by atoms with E-state index in [0.717, 1.165) is 37.7 Å². The number of methoxy groups -OCH3 is 1. The molecule has 7 nitrogen and oxygen atoms in total. The van der Waals surface area contributed by atoms with Gasteiger partial charge in [0.05, 0.1) is 19.3 Å². The van der Waals surface area contributed by atoms with E-state index < -0.39 is 0 Å². The Kier molecular flexibility index (Phi) is 5.79. The Morgan fingerprint density at radius 1 is 1.21 bits per heavy atom. The number of hydrogen-bond donors (Lipinski definition) is 1. The summed E-state index contributed by atoms with van der Waals surface area (Å²) in [5.74, 6) is 1.01. The van der Waals surface area contributed by atoms with Gasteiger partial charge in [0.15, 0.2) is 0 Å². The van der Waals surface area contributed by atoms with Crippen LogP contribution in [0.25, 0.3) is 0 Å². The summed E-state index contributed by atoms with van der Waals surface area (Å²) in [4.78, 5) is 13.0. The van der Waals surface area contributed by atoms with E-state index in [4.69, 9.17) is 4.74 Å². The molecule has 0 saturated carbocycles. The summed E-state index contributed by atoms with van der Waals surface area (Å²) in [5.41, 5.74) is 1.10. The molecular formula is C17H25N5O2. The van der Waals surface area contributed by atoms with E-state index >= 15 is 0 Å². The molecule has 0 spiro atoms. The van der Waals surface area contributed by atoms with Gasteiger partial charge in [-0.2, -0.15) is 0 Å². The van der Waals surface area contributed by atoms with Crippen LogP contribution in [0, 0.1) is 0 Å². The minimum atomic E-state index is -0.386. The molecule has 0 aliphatic carbocycles. The lowest BCUT2D eigenvalue weighted by Crippen LogP contribution is -2.33. The van der Waals surface area contributed by atoms with Gasteiger partial charge < -0.3 is 19.3 Å². The Balaban J connectivity index is 1.63. The van der Waals surface area contributed by atoms with Gasteiger partial charge in [-0.25, -0.2) is 4.98 Å². The maximum absolute atomic E-state index is 10.4. The highest BCUT2D eigenvalue weighted by atomic mass is 16.5. The second-order valence-electron chi connectivity index (χ2n) is 6.07. The first-order chi connectivity index (χ1) is 11.8. The third-order valence-electron chi connectivity index (χ3n) is 4.32. The summed E-state index contributed by atoms with van der Waals surface area (Å²) >= 11 is 0. The summed E-state index contributed by atoms with van der Waals surface area (Å²) in [6, 6.07) is 3.97. The zero-order chi connectivity index (χ0) is 16.8. The van der Waals surface area contributed by atoms with E-state index in [1.54, 1.807) is 19.5 Å². The van der Waals surface area contributed by atoms with E-state index in [9.17, 15) is 5.11 Å². The Hall–Kier alpha value is -1.96. The number of anilines is 1. The van der Waals surface area contributed by atoms with Crippen LogP contribution in [0.4, 0.5) is 5.69 Å². The van der Waals surface area contributed by atoms with Crippen molar-refractivity contribution in [2.24, 2.45) is 0 Å². The number of pyridine rings is 1. The smallest absolute Gasteiger partial charge is 0.122 e. The highest BCUT2D eigenvalue weighted by Gasteiger charge is 2.22. The van der Waals surface area contributed by atoms with Crippen LogP contribution >= 0.6 is 0 Å². The number of aliphatic hydroxyl groups is 1. The number of rotatable bonds is 6. The highest BCUT2D eigenvalue weighted by Crippen LogP contribution is 2.16. The molecule has 1 atom stereocenters. The molecule has 0 radical (unpaired) electrons. The predicted molar refractivity (Wildman–Crippen MR) is 91.8 cm³/mol. The monoisotopic (exact) mass is 331 g/mol. The Labute approximate surface area is 142 Å². The first-order valence-corrected chi connectivity index (χ1v) is 8.30. The quantitative estimate of drug-likeness (QED) is 0.836. The van der Waals surface area contributed by atoms with Gasteiger partial charge in [0.2, 0.25) is 0 Å². The van der Waals surface area contributed by atoms with Crippen molar-refractivity contribution in [3.05, 3.63) is 42.7 Å². The fraction of sp³-hybridized carbons (Fsp3) is 0.529. The van der Waals surface area contributed by atoms with E-state index in [1.165, 1.54) is 0 Å². The van der Waals surface area contributed by atoms with Crippen molar-refractivity contribution in [2.75, 3.05) is 44.8 Å². The van der Waals surface area contributed by atoms with Crippen LogP contribution in [0.5, 0.6) is 0 Å². The first kappa shape index (κ1) is 16.9. The van der Waals surface area contributed by atoms with Crippen LogP contribution in [0.15, 0.2) is 36.9 Å². The summed E-state index contributed by atoms with van der Waals surface area (Å²) < 4.78 is 7.26. The van der Waals surface area contributed by atoms with Crippen molar-refractivity contribution in [1.29, 1.82) is 0 Å². The van der Waals surface area contributed by atoms with Crippen LogP contribution in [0.3, 0.4) is 0 Å². The van der Waals surface area contributed by atoms with Crippen molar-refractivity contribution in [3.8, 4) is 0 Å². The fourth-order valence-electron chi connectivity index (χ4n) is 3.07. The number of imidazole rings is 1. The van der Waals surface area contributed by atoms with Gasteiger partial charge in [-0.05, 0) is 12.1 Å². The number of aliphatic hydroxyl groups excluding tert-OH is 1. The van der Waals surface area contributed by atoms with Crippen molar-refractivity contribution in [3.63, 3.8) is 0 Å². The molecule has 1 aliphatic rings. The molecule has 1 aliphatic heterocycles. The topological polar surface area (TPSA) is 66.7 Å². The van der Waals surface area contributed by atoms with E-state index in [-0.39, 0.29) is 6.10 Å². The third kappa shape index (κ3) is 4.31. The molecule has 0 amide bonds. The normalized spacial score (nSPS) is 19.4. The molecule has 2 aromatic heterocycles. The van der Waals surface area contributed by atoms with Gasteiger partial charge in [0, 0.05) is 70.3 Å². The maximum atomic E-state index is 10.4. The summed E-state index contributed by atoms with van der Waals surface area (Å²) in [5, 5.41) is 10.4. The molecule has 24 heavy (non-hydrogen) atoms. The van der Waals surface area contributed by atoms with Crippen LogP contribution in [-0.2, 0) is 17.8 Å². The molecule has 1 saturated heterocycles. The average molecular weight is 331 g/mol. The van der Waals surface area contributed by atoms with Crippen LogP contribution in [-0.4, -0.2) is 70.5 Å². The Bertz CT molecular complexity index is 618. The van der Waals surface area contributed by atoms with Crippen molar-refractivity contribution >= 4 is 5.69 Å². The van der Waals surface area contributed by atoms with Gasteiger partial charge in [-0.3, -0.25) is 9.88 Å². The minimum Gasteiger partial charge on any atom is -0.390 e. The summed E-state index contributed by atoms with van der Waals surface area (Å²) in [7, 11) is 1.70. The lowest BCUT2D eigenvalue weighted by molar-refractivity contribution is 0.126. The minimum absolute atomic E-state index is 0.386. The number of nitrogens with zero attached hydrogens (tertiary/aromatic N) is 5. The lowest BCUT2D eigenvalue weighted by Gasteiger charge is -2.23. The number of hydrogen-bond acceptors (Lipinski definition) is 6. The van der Waals surface area contributed by atoms with Crippen LogP contribution < -0.4 is 4.90 Å². The molecule has 1 N–H and O–H groups in total. The molecule has 3 heterocycles. The number of aromatic nitrogens is 3. The Morgan fingerprint density at radius 2 is 2.04 bits per heavy atom. The molecule has 0 aromatic carbocycles. The molecule has 0 bridgehead atoms. The third-order valence-corrected chi connectivity index (χ3v) is 4.32.